The van der Waals surface area contributed by atoms with E-state index in [1.165, 1.54) is 11.9 Å². The van der Waals surface area contributed by atoms with Crippen LogP contribution < -0.4 is 0 Å². The van der Waals surface area contributed by atoms with Crippen LogP contribution in [0.3, 0.4) is 0 Å². The van der Waals surface area contributed by atoms with E-state index in [9.17, 15) is 0 Å². The molecule has 6 heteroatoms. The molecule has 4 rings (SSSR count). The lowest BCUT2D eigenvalue weighted by Gasteiger charge is -2.30. The van der Waals surface area contributed by atoms with Crippen LogP contribution in [0.25, 0.3) is 11.2 Å². The van der Waals surface area contributed by atoms with Crippen LogP contribution in [0.15, 0.2) is 55.1 Å². The molecular weight excluding hydrogens is 312 g/mol. The molecule has 1 aromatic carbocycles. The molecule has 0 fully saturated rings. The number of fused-ring (bicyclic) bond motifs is 1. The third-order valence-electron chi connectivity index (χ3n) is 4.05. The molecule has 2 heterocycles. The molecule has 0 N–H and O–H groups in total. The Balaban J connectivity index is 1.44. The minimum atomic E-state index is 0.196. The van der Waals surface area contributed by atoms with Crippen LogP contribution in [0.2, 0.25) is 5.15 Å². The molecule has 0 saturated heterocycles. The van der Waals surface area contributed by atoms with Crippen molar-refractivity contribution < 1.29 is 4.74 Å². The fraction of sp³-hybridized carbons (Fsp3) is 0.235. The Kier molecular flexibility index (Phi) is 3.81. The van der Waals surface area contributed by atoms with E-state index in [0.717, 1.165) is 5.65 Å². The van der Waals surface area contributed by atoms with Crippen molar-refractivity contribution in [2.45, 2.75) is 12.6 Å². The first kappa shape index (κ1) is 14.4. The highest BCUT2D eigenvalue weighted by Gasteiger charge is 2.28. The lowest BCUT2D eigenvalue weighted by Crippen LogP contribution is -2.26. The standard InChI is InChI=1S/C17H15ClN4O/c18-16-15-17(20-10-19-16)22(11-21-15)14-7-6-13(14)9-23-8-12-4-2-1-3-5-12/h1-7,10-11,13-14H,8-9H2/t13-,14-/m0/s1. The Morgan fingerprint density at radius 3 is 2.74 bits per heavy atom. The summed E-state index contributed by atoms with van der Waals surface area (Å²) in [5, 5.41) is 0.383. The molecule has 1 aliphatic rings. The number of hydrogen-bond donors (Lipinski definition) is 0. The molecule has 0 unspecified atom stereocenters. The predicted molar refractivity (Wildman–Crippen MR) is 88.1 cm³/mol. The molecular formula is C17H15ClN4O. The molecule has 1 aliphatic carbocycles. The Morgan fingerprint density at radius 2 is 1.96 bits per heavy atom. The van der Waals surface area contributed by atoms with Crippen molar-refractivity contribution in [2.75, 3.05) is 6.61 Å². The van der Waals surface area contributed by atoms with Crippen LogP contribution in [0.1, 0.15) is 11.6 Å². The second-order valence-corrected chi connectivity index (χ2v) is 5.89. The summed E-state index contributed by atoms with van der Waals surface area (Å²) in [5.41, 5.74) is 2.57. The van der Waals surface area contributed by atoms with E-state index < -0.39 is 0 Å². The molecule has 116 valence electrons. The zero-order valence-electron chi connectivity index (χ0n) is 12.3. The number of benzene rings is 1. The highest BCUT2D eigenvalue weighted by atomic mass is 35.5. The Hall–Kier alpha value is -2.24. The predicted octanol–water partition coefficient (Wildman–Crippen LogP) is 3.42. The average Bonchev–Trinajstić information content (AvgIpc) is 2.97. The van der Waals surface area contributed by atoms with Crippen molar-refractivity contribution in [3.05, 3.63) is 65.9 Å². The second kappa shape index (κ2) is 6.10. The van der Waals surface area contributed by atoms with Gasteiger partial charge in [-0.3, -0.25) is 0 Å². The number of rotatable bonds is 5. The van der Waals surface area contributed by atoms with Crippen LogP contribution >= 0.6 is 11.6 Å². The summed E-state index contributed by atoms with van der Waals surface area (Å²) in [7, 11) is 0. The second-order valence-electron chi connectivity index (χ2n) is 5.53. The van der Waals surface area contributed by atoms with Crippen molar-refractivity contribution in [3.63, 3.8) is 0 Å². The SMILES string of the molecule is Clc1ncnc2c1ncn2[C@H]1C=C[C@H]1COCc1ccccc1. The Labute approximate surface area is 138 Å². The zero-order chi connectivity index (χ0) is 15.6. The van der Waals surface area contributed by atoms with Gasteiger partial charge in [0, 0.05) is 5.92 Å². The average molecular weight is 327 g/mol. The van der Waals surface area contributed by atoms with Gasteiger partial charge in [0.15, 0.2) is 10.8 Å². The maximum atomic E-state index is 6.05. The first-order valence-corrected chi connectivity index (χ1v) is 7.84. The van der Waals surface area contributed by atoms with E-state index in [-0.39, 0.29) is 6.04 Å². The van der Waals surface area contributed by atoms with Gasteiger partial charge in [-0.05, 0) is 5.56 Å². The molecule has 2 aromatic heterocycles. The van der Waals surface area contributed by atoms with Gasteiger partial charge in [-0.2, -0.15) is 0 Å². The minimum absolute atomic E-state index is 0.196. The largest absolute Gasteiger partial charge is 0.376 e. The van der Waals surface area contributed by atoms with Gasteiger partial charge < -0.3 is 9.30 Å². The number of aromatic nitrogens is 4. The van der Waals surface area contributed by atoms with Gasteiger partial charge in [-0.25, -0.2) is 15.0 Å². The fourth-order valence-electron chi connectivity index (χ4n) is 2.75. The molecule has 3 aromatic rings. The smallest absolute Gasteiger partial charge is 0.165 e. The molecule has 0 amide bonds. The van der Waals surface area contributed by atoms with Gasteiger partial charge in [-0.1, -0.05) is 54.1 Å². The van der Waals surface area contributed by atoms with Gasteiger partial charge in [0.1, 0.15) is 11.8 Å². The van der Waals surface area contributed by atoms with Crippen molar-refractivity contribution in [3.8, 4) is 0 Å². The first-order chi connectivity index (χ1) is 11.3. The lowest BCUT2D eigenvalue weighted by molar-refractivity contribution is 0.0837. The van der Waals surface area contributed by atoms with E-state index in [1.54, 1.807) is 6.33 Å². The number of imidazole rings is 1. The van der Waals surface area contributed by atoms with Crippen LogP contribution in [-0.4, -0.2) is 26.1 Å². The van der Waals surface area contributed by atoms with E-state index in [0.29, 0.717) is 29.8 Å². The zero-order valence-corrected chi connectivity index (χ0v) is 13.1. The number of ether oxygens (including phenoxy) is 1. The summed E-state index contributed by atoms with van der Waals surface area (Å²) >= 11 is 6.05. The summed E-state index contributed by atoms with van der Waals surface area (Å²) in [6.45, 7) is 1.28. The van der Waals surface area contributed by atoms with Gasteiger partial charge in [0.25, 0.3) is 0 Å². The van der Waals surface area contributed by atoms with Crippen molar-refractivity contribution in [2.24, 2.45) is 5.92 Å². The topological polar surface area (TPSA) is 52.8 Å². The van der Waals surface area contributed by atoms with Crippen LogP contribution in [0, 0.1) is 5.92 Å². The maximum absolute atomic E-state index is 6.05. The monoisotopic (exact) mass is 326 g/mol. The van der Waals surface area contributed by atoms with E-state index in [1.807, 2.05) is 22.8 Å². The number of nitrogens with zero attached hydrogens (tertiary/aromatic N) is 4. The fourth-order valence-corrected chi connectivity index (χ4v) is 2.93. The van der Waals surface area contributed by atoms with Crippen molar-refractivity contribution >= 4 is 22.8 Å². The molecule has 0 saturated carbocycles. The summed E-state index contributed by atoms with van der Waals surface area (Å²) in [6, 6.07) is 10.4. The molecule has 0 bridgehead atoms. The third kappa shape index (κ3) is 2.73. The molecule has 0 aliphatic heterocycles. The number of hydrogen-bond acceptors (Lipinski definition) is 4. The van der Waals surface area contributed by atoms with E-state index in [2.05, 4.69) is 39.2 Å². The number of halogens is 1. The van der Waals surface area contributed by atoms with E-state index in [4.69, 9.17) is 16.3 Å². The molecule has 2 atom stereocenters. The maximum Gasteiger partial charge on any atom is 0.165 e. The van der Waals surface area contributed by atoms with Gasteiger partial charge in [-0.15, -0.1) is 0 Å². The van der Waals surface area contributed by atoms with Crippen molar-refractivity contribution in [1.29, 1.82) is 0 Å². The highest BCUT2D eigenvalue weighted by molar-refractivity contribution is 6.33. The van der Waals surface area contributed by atoms with Gasteiger partial charge in [0.2, 0.25) is 0 Å². The quantitative estimate of drug-likeness (QED) is 0.532. The Bertz CT molecular complexity index is 846. The summed E-state index contributed by atoms with van der Waals surface area (Å²) < 4.78 is 7.87. The van der Waals surface area contributed by atoms with Gasteiger partial charge in [0.05, 0.1) is 25.6 Å². The van der Waals surface area contributed by atoms with Crippen molar-refractivity contribution in [1.82, 2.24) is 19.5 Å². The van der Waals surface area contributed by atoms with E-state index >= 15 is 0 Å². The van der Waals surface area contributed by atoms with Crippen LogP contribution in [0.4, 0.5) is 0 Å². The van der Waals surface area contributed by atoms with Crippen LogP contribution in [0.5, 0.6) is 0 Å². The molecule has 23 heavy (non-hydrogen) atoms. The Morgan fingerprint density at radius 1 is 1.09 bits per heavy atom. The van der Waals surface area contributed by atoms with Gasteiger partial charge >= 0.3 is 0 Å². The molecule has 0 spiro atoms. The molecule has 5 nitrogen and oxygen atoms in total. The number of allylic oxidation sites excluding steroid dienone is 1. The summed E-state index contributed by atoms with van der Waals surface area (Å²) in [6.07, 6.45) is 7.52. The summed E-state index contributed by atoms with van der Waals surface area (Å²) in [4.78, 5) is 12.6. The normalized spacial score (nSPS) is 19.9. The first-order valence-electron chi connectivity index (χ1n) is 7.46. The molecule has 0 radical (unpaired) electrons. The minimum Gasteiger partial charge on any atom is -0.376 e. The third-order valence-corrected chi connectivity index (χ3v) is 4.33. The summed E-state index contributed by atoms with van der Waals surface area (Å²) in [5.74, 6) is 0.310. The van der Waals surface area contributed by atoms with Crippen LogP contribution in [-0.2, 0) is 11.3 Å². The lowest BCUT2D eigenvalue weighted by atomic mass is 9.89. The highest BCUT2D eigenvalue weighted by Crippen LogP contribution is 2.33.